The molecule has 1 aromatic carbocycles. The van der Waals surface area contributed by atoms with Crippen LogP contribution in [0.1, 0.15) is 55.3 Å². The zero-order chi connectivity index (χ0) is 22.4. The number of rotatable bonds is 11. The lowest BCUT2D eigenvalue weighted by atomic mass is 9.73. The van der Waals surface area contributed by atoms with Crippen LogP contribution in [0.5, 0.6) is 11.5 Å². The van der Waals surface area contributed by atoms with Gasteiger partial charge in [0.2, 0.25) is 0 Å². The minimum atomic E-state index is -0.821. The van der Waals surface area contributed by atoms with E-state index in [2.05, 4.69) is 11.9 Å². The van der Waals surface area contributed by atoms with Crippen LogP contribution in [0.3, 0.4) is 0 Å². The normalized spacial score (nSPS) is 18.4. The summed E-state index contributed by atoms with van der Waals surface area (Å²) in [5.41, 5.74) is 2.99. The van der Waals surface area contributed by atoms with Gasteiger partial charge in [-0.2, -0.15) is 0 Å². The Bertz CT molecular complexity index is 945. The van der Waals surface area contributed by atoms with Crippen LogP contribution < -0.4 is 4.74 Å². The fourth-order valence-corrected chi connectivity index (χ4v) is 4.47. The molecule has 1 aliphatic rings. The number of phenols is 1. The van der Waals surface area contributed by atoms with Gasteiger partial charge in [-0.05, 0) is 60.6 Å². The summed E-state index contributed by atoms with van der Waals surface area (Å²) >= 11 is 0. The van der Waals surface area contributed by atoms with E-state index < -0.39 is 5.92 Å². The van der Waals surface area contributed by atoms with Gasteiger partial charge in [0, 0.05) is 30.8 Å². The summed E-state index contributed by atoms with van der Waals surface area (Å²) in [5.74, 6) is -1.01. The van der Waals surface area contributed by atoms with E-state index in [9.17, 15) is 19.8 Å². The van der Waals surface area contributed by atoms with Crippen LogP contribution in [0.15, 0.2) is 36.5 Å². The highest BCUT2D eigenvalue weighted by Gasteiger charge is 2.37. The number of Topliss-reactive ketones (excluding diaryl/α,β-unsaturated/α-hetero) is 2. The number of allylic oxidation sites excluding steroid dienone is 1. The van der Waals surface area contributed by atoms with E-state index in [1.807, 2.05) is 24.4 Å². The number of methoxy groups -OCH3 is 1. The number of aliphatic hydroxyl groups is 1. The van der Waals surface area contributed by atoms with Gasteiger partial charge in [0.1, 0.15) is 5.78 Å². The van der Waals surface area contributed by atoms with E-state index in [-0.39, 0.29) is 48.6 Å². The van der Waals surface area contributed by atoms with Gasteiger partial charge >= 0.3 is 0 Å². The average Bonchev–Trinajstić information content (AvgIpc) is 3.26. The zero-order valence-corrected chi connectivity index (χ0v) is 18.1. The molecule has 6 heteroatoms. The van der Waals surface area contributed by atoms with E-state index in [1.165, 1.54) is 13.2 Å². The largest absolute Gasteiger partial charge is 0.504 e. The predicted molar refractivity (Wildman–Crippen MR) is 119 cm³/mol. The second-order valence-corrected chi connectivity index (χ2v) is 8.07. The Hall–Kier alpha value is -2.86. The Morgan fingerprint density at radius 3 is 2.77 bits per heavy atom. The molecule has 0 saturated carbocycles. The molecule has 6 nitrogen and oxygen atoms in total. The zero-order valence-electron chi connectivity index (χ0n) is 18.1. The van der Waals surface area contributed by atoms with Crippen LogP contribution >= 0.6 is 0 Å². The number of benzene rings is 1. The van der Waals surface area contributed by atoms with E-state index in [0.29, 0.717) is 12.2 Å². The summed E-state index contributed by atoms with van der Waals surface area (Å²) in [6.45, 7) is 1.88. The summed E-state index contributed by atoms with van der Waals surface area (Å²) < 4.78 is 5.12. The third-order valence-corrected chi connectivity index (χ3v) is 6.10. The lowest BCUT2D eigenvalue weighted by Crippen LogP contribution is -2.34. The quantitative estimate of drug-likeness (QED) is 0.472. The van der Waals surface area contributed by atoms with E-state index in [0.717, 1.165) is 29.7 Å². The number of ether oxygens (including phenoxy) is 1. The monoisotopic (exact) mass is 425 g/mol. The van der Waals surface area contributed by atoms with Gasteiger partial charge in [0.25, 0.3) is 0 Å². The molecule has 3 rings (SSSR count). The smallest absolute Gasteiger partial charge is 0.160 e. The second kappa shape index (κ2) is 10.4. The molecule has 1 aromatic heterocycles. The molecule has 0 aliphatic heterocycles. The number of hydrogen-bond acceptors (Lipinski definition) is 5. The molecular formula is C25H31NO5. The van der Waals surface area contributed by atoms with Gasteiger partial charge in [0.05, 0.1) is 13.0 Å². The van der Waals surface area contributed by atoms with Gasteiger partial charge in [-0.3, -0.25) is 9.59 Å². The Kier molecular flexibility index (Phi) is 7.69. The first kappa shape index (κ1) is 22.8. The number of H-pyrrole nitrogens is 1. The number of aryl methyl sites for hydroxylation is 1. The first-order valence-corrected chi connectivity index (χ1v) is 10.9. The van der Waals surface area contributed by atoms with Gasteiger partial charge < -0.3 is 19.9 Å². The number of phenolic OH excluding ortho intramolecular Hbond substituents is 1. The first-order valence-electron chi connectivity index (χ1n) is 10.9. The summed E-state index contributed by atoms with van der Waals surface area (Å²) in [6, 6.07) is 6.98. The highest BCUT2D eigenvalue weighted by atomic mass is 16.5. The Labute approximate surface area is 183 Å². The van der Waals surface area contributed by atoms with Gasteiger partial charge in [-0.1, -0.05) is 25.5 Å². The Morgan fingerprint density at radius 1 is 1.26 bits per heavy atom. The molecule has 3 atom stereocenters. The van der Waals surface area contributed by atoms with Crippen LogP contribution in [-0.2, 0) is 16.0 Å². The van der Waals surface area contributed by atoms with Crippen LogP contribution in [0.4, 0.5) is 0 Å². The molecule has 0 unspecified atom stereocenters. The number of aromatic nitrogens is 1. The van der Waals surface area contributed by atoms with Gasteiger partial charge in [-0.15, -0.1) is 0 Å². The molecule has 0 saturated heterocycles. The number of nitrogens with one attached hydrogen (secondary N) is 1. The average molecular weight is 426 g/mol. The number of aromatic amines is 1. The summed E-state index contributed by atoms with van der Waals surface area (Å²) in [7, 11) is 1.47. The van der Waals surface area contributed by atoms with Crippen LogP contribution in [0, 0.1) is 11.8 Å². The summed E-state index contributed by atoms with van der Waals surface area (Å²) in [4.78, 5) is 29.7. The molecule has 3 N–H and O–H groups in total. The standard InChI is InChI=1S/C25H31NO5/c1-3-4-17-18-11-13-26-21(18)8-7-19(17)25(30)20(12-14-27)22(28)9-5-16-6-10-23(29)24(15-16)31-2/h6-8,10-11,13,15,17,19-20,26-27,29H,3-5,9,12,14H2,1-2H3/t17-,19+,20+/m1/s1. The number of aromatic hydroxyl groups is 1. The minimum Gasteiger partial charge on any atom is -0.504 e. The number of fused-ring (bicyclic) bond motifs is 1. The number of carbonyl (C=O) groups excluding carboxylic acids is 2. The van der Waals surface area contributed by atoms with Crippen molar-refractivity contribution in [1.82, 2.24) is 4.98 Å². The number of aliphatic hydroxyl groups excluding tert-OH is 1. The van der Waals surface area contributed by atoms with Crippen molar-refractivity contribution in [2.45, 2.75) is 44.9 Å². The Balaban J connectivity index is 1.74. The van der Waals surface area contributed by atoms with E-state index in [4.69, 9.17) is 4.74 Å². The maximum absolute atomic E-state index is 13.5. The molecule has 0 bridgehead atoms. The minimum absolute atomic E-state index is 0.0408. The van der Waals surface area contributed by atoms with Gasteiger partial charge in [-0.25, -0.2) is 0 Å². The van der Waals surface area contributed by atoms with Crippen molar-refractivity contribution < 1.29 is 24.5 Å². The second-order valence-electron chi connectivity index (χ2n) is 8.07. The lowest BCUT2D eigenvalue weighted by Gasteiger charge is -2.29. The third kappa shape index (κ3) is 5.07. The van der Waals surface area contributed by atoms with Crippen molar-refractivity contribution in [2.24, 2.45) is 11.8 Å². The Morgan fingerprint density at radius 2 is 2.06 bits per heavy atom. The van der Waals surface area contributed by atoms with Gasteiger partial charge in [0.15, 0.2) is 17.3 Å². The van der Waals surface area contributed by atoms with Crippen LogP contribution in [0.2, 0.25) is 0 Å². The van der Waals surface area contributed by atoms with Crippen molar-refractivity contribution in [3.63, 3.8) is 0 Å². The molecule has 31 heavy (non-hydrogen) atoms. The maximum atomic E-state index is 13.5. The van der Waals surface area contributed by atoms with Crippen LogP contribution in [-0.4, -0.2) is 40.5 Å². The van der Waals surface area contributed by atoms with Crippen molar-refractivity contribution in [2.75, 3.05) is 13.7 Å². The summed E-state index contributed by atoms with van der Waals surface area (Å²) in [6.07, 6.45) is 8.27. The molecule has 0 radical (unpaired) electrons. The van der Waals surface area contributed by atoms with E-state index >= 15 is 0 Å². The van der Waals surface area contributed by atoms with Crippen molar-refractivity contribution in [3.8, 4) is 11.5 Å². The molecular weight excluding hydrogens is 394 g/mol. The SMILES string of the molecule is CCC[C@@H]1c2cc[nH]c2C=C[C@@H]1C(=O)[C@@H](CCO)C(=O)CCc1ccc(O)c(OC)c1. The van der Waals surface area contributed by atoms with Crippen molar-refractivity contribution >= 4 is 17.6 Å². The number of ketones is 2. The predicted octanol–water partition coefficient (Wildman–Crippen LogP) is 4.03. The number of hydrogen-bond donors (Lipinski definition) is 3. The molecule has 166 valence electrons. The molecule has 0 spiro atoms. The third-order valence-electron chi connectivity index (χ3n) is 6.10. The first-order chi connectivity index (χ1) is 15.0. The fourth-order valence-electron chi connectivity index (χ4n) is 4.47. The highest BCUT2D eigenvalue weighted by molar-refractivity contribution is 6.04. The van der Waals surface area contributed by atoms with Crippen LogP contribution in [0.25, 0.3) is 6.08 Å². The highest BCUT2D eigenvalue weighted by Crippen LogP contribution is 2.39. The molecule has 1 heterocycles. The van der Waals surface area contributed by atoms with Crippen molar-refractivity contribution in [1.29, 1.82) is 0 Å². The topological polar surface area (TPSA) is 99.6 Å². The molecule has 0 fully saturated rings. The van der Waals surface area contributed by atoms with E-state index in [1.54, 1.807) is 12.1 Å². The molecule has 1 aliphatic carbocycles. The summed E-state index contributed by atoms with van der Waals surface area (Å²) in [5, 5.41) is 19.3. The maximum Gasteiger partial charge on any atom is 0.160 e. The number of carbonyl (C=O) groups is 2. The van der Waals surface area contributed by atoms with Crippen molar-refractivity contribution in [3.05, 3.63) is 53.4 Å². The molecule has 2 aromatic rings. The lowest BCUT2D eigenvalue weighted by molar-refractivity contribution is -0.135. The fraction of sp³-hybridized carbons (Fsp3) is 0.440. The molecule has 0 amide bonds.